The Labute approximate surface area is 103 Å². The van der Waals surface area contributed by atoms with Crippen molar-refractivity contribution in [2.24, 2.45) is 5.92 Å². The average molecular weight is 232 g/mol. The maximum atomic E-state index is 11.9. The van der Waals surface area contributed by atoms with Crippen LogP contribution in [-0.2, 0) is 9.53 Å². The molecule has 2 heteroatoms. The summed E-state index contributed by atoms with van der Waals surface area (Å²) in [5.41, 5.74) is 2.18. The third-order valence-electron chi connectivity index (χ3n) is 3.09. The molecule has 2 rings (SSSR count). The molecule has 17 heavy (non-hydrogen) atoms. The molecule has 0 amide bonds. The summed E-state index contributed by atoms with van der Waals surface area (Å²) in [6.45, 7) is 7.84. The molecule has 1 fully saturated rings. The third kappa shape index (κ3) is 2.87. The van der Waals surface area contributed by atoms with Crippen molar-refractivity contribution in [2.45, 2.75) is 45.6 Å². The molecule has 0 spiro atoms. The zero-order valence-corrected chi connectivity index (χ0v) is 11.0. The number of esters is 1. The summed E-state index contributed by atoms with van der Waals surface area (Å²) in [5, 5.41) is 0. The molecule has 1 aliphatic carbocycles. The van der Waals surface area contributed by atoms with E-state index in [1.165, 1.54) is 11.1 Å². The van der Waals surface area contributed by atoms with E-state index in [9.17, 15) is 4.79 Å². The Morgan fingerprint density at radius 2 is 1.94 bits per heavy atom. The lowest BCUT2D eigenvalue weighted by molar-refractivity contribution is -0.156. The van der Waals surface area contributed by atoms with Crippen molar-refractivity contribution in [3.63, 3.8) is 0 Å². The van der Waals surface area contributed by atoms with Crippen molar-refractivity contribution in [1.82, 2.24) is 0 Å². The number of rotatable bonds is 2. The molecular weight excluding hydrogens is 212 g/mol. The number of ether oxygens (including phenoxy) is 1. The highest BCUT2D eigenvalue weighted by atomic mass is 16.6. The number of benzene rings is 1. The van der Waals surface area contributed by atoms with Gasteiger partial charge in [0.25, 0.3) is 0 Å². The quantitative estimate of drug-likeness (QED) is 0.730. The van der Waals surface area contributed by atoms with E-state index in [0.717, 1.165) is 6.42 Å². The summed E-state index contributed by atoms with van der Waals surface area (Å²) in [6.07, 6.45) is 0.930. The standard InChI is InChI=1S/C15H20O2/c1-10-7-5-6-8-11(10)12-9-13(12)14(16)17-15(2,3)4/h5-8,12-13H,9H2,1-4H3/t12-,13+/m0/s1. The fraction of sp³-hybridized carbons (Fsp3) is 0.533. The van der Waals surface area contributed by atoms with Gasteiger partial charge >= 0.3 is 5.97 Å². The van der Waals surface area contributed by atoms with E-state index >= 15 is 0 Å². The Kier molecular flexibility index (Phi) is 2.98. The molecule has 2 atom stereocenters. The van der Waals surface area contributed by atoms with Crippen LogP contribution in [0.25, 0.3) is 0 Å². The van der Waals surface area contributed by atoms with Gasteiger partial charge in [-0.2, -0.15) is 0 Å². The van der Waals surface area contributed by atoms with Crippen LogP contribution in [0.4, 0.5) is 0 Å². The van der Waals surface area contributed by atoms with Crippen molar-refractivity contribution in [3.05, 3.63) is 35.4 Å². The predicted molar refractivity (Wildman–Crippen MR) is 67.9 cm³/mol. The van der Waals surface area contributed by atoms with Gasteiger partial charge in [-0.05, 0) is 51.2 Å². The molecular formula is C15H20O2. The normalized spacial score (nSPS) is 23.3. The van der Waals surface area contributed by atoms with Crippen molar-refractivity contribution in [3.8, 4) is 0 Å². The van der Waals surface area contributed by atoms with Crippen LogP contribution < -0.4 is 0 Å². The molecule has 0 aromatic heterocycles. The van der Waals surface area contributed by atoms with Crippen molar-refractivity contribution < 1.29 is 9.53 Å². The first-order chi connectivity index (χ1) is 7.88. The summed E-state index contributed by atoms with van der Waals surface area (Å²) < 4.78 is 5.41. The summed E-state index contributed by atoms with van der Waals surface area (Å²) in [7, 11) is 0. The van der Waals surface area contributed by atoms with Gasteiger partial charge in [0, 0.05) is 0 Å². The van der Waals surface area contributed by atoms with Gasteiger partial charge in [-0.3, -0.25) is 4.79 Å². The zero-order valence-electron chi connectivity index (χ0n) is 11.0. The molecule has 0 aliphatic heterocycles. The molecule has 1 aromatic carbocycles. The molecule has 0 heterocycles. The SMILES string of the molecule is Cc1ccccc1[C@@H]1C[C@H]1C(=O)OC(C)(C)C. The first-order valence-corrected chi connectivity index (χ1v) is 6.17. The molecule has 1 aliphatic rings. The van der Waals surface area contributed by atoms with Crippen molar-refractivity contribution >= 4 is 5.97 Å². The molecule has 0 bridgehead atoms. The highest BCUT2D eigenvalue weighted by molar-refractivity contribution is 5.78. The van der Waals surface area contributed by atoms with Crippen LogP contribution in [0, 0.1) is 12.8 Å². The van der Waals surface area contributed by atoms with Crippen LogP contribution in [0.1, 0.15) is 44.2 Å². The predicted octanol–water partition coefficient (Wildman–Crippen LogP) is 3.44. The van der Waals surface area contributed by atoms with E-state index in [0.29, 0.717) is 5.92 Å². The molecule has 1 aromatic rings. The Morgan fingerprint density at radius 3 is 2.53 bits per heavy atom. The molecule has 0 radical (unpaired) electrons. The monoisotopic (exact) mass is 232 g/mol. The summed E-state index contributed by atoms with van der Waals surface area (Å²) in [6, 6.07) is 8.28. The number of carbonyl (C=O) groups excluding carboxylic acids is 1. The van der Waals surface area contributed by atoms with Crippen molar-refractivity contribution in [1.29, 1.82) is 0 Å². The minimum absolute atomic E-state index is 0.0502. The summed E-state index contributed by atoms with van der Waals surface area (Å²) in [5.74, 6) is 0.382. The smallest absolute Gasteiger partial charge is 0.310 e. The van der Waals surface area contributed by atoms with E-state index in [2.05, 4.69) is 19.1 Å². The Morgan fingerprint density at radius 1 is 1.29 bits per heavy atom. The molecule has 2 nitrogen and oxygen atoms in total. The average Bonchev–Trinajstić information content (AvgIpc) is 2.95. The highest BCUT2D eigenvalue weighted by Gasteiger charge is 2.46. The third-order valence-corrected chi connectivity index (χ3v) is 3.09. The van der Waals surface area contributed by atoms with E-state index in [-0.39, 0.29) is 17.5 Å². The summed E-state index contributed by atoms with van der Waals surface area (Å²) in [4.78, 5) is 11.9. The van der Waals surface area contributed by atoms with Gasteiger partial charge < -0.3 is 4.74 Å². The first kappa shape index (κ1) is 12.2. The minimum atomic E-state index is -0.379. The van der Waals surface area contributed by atoms with E-state index in [1.54, 1.807) is 0 Å². The fourth-order valence-electron chi connectivity index (χ4n) is 2.18. The second kappa shape index (κ2) is 4.17. The number of carbonyl (C=O) groups is 1. The van der Waals surface area contributed by atoms with Gasteiger partial charge in [0.05, 0.1) is 5.92 Å². The molecule has 0 saturated heterocycles. The van der Waals surface area contributed by atoms with Crippen LogP contribution in [0.5, 0.6) is 0 Å². The van der Waals surface area contributed by atoms with Crippen LogP contribution in [0.15, 0.2) is 24.3 Å². The fourth-order valence-corrected chi connectivity index (χ4v) is 2.18. The lowest BCUT2D eigenvalue weighted by atomic mass is 10.0. The number of hydrogen-bond donors (Lipinski definition) is 0. The second-order valence-corrected chi connectivity index (χ2v) is 5.84. The first-order valence-electron chi connectivity index (χ1n) is 6.17. The van der Waals surface area contributed by atoms with Gasteiger partial charge in [0.15, 0.2) is 0 Å². The Bertz CT molecular complexity index is 429. The highest BCUT2D eigenvalue weighted by Crippen LogP contribution is 2.49. The zero-order chi connectivity index (χ0) is 12.6. The van der Waals surface area contributed by atoms with E-state index in [4.69, 9.17) is 4.74 Å². The van der Waals surface area contributed by atoms with Crippen molar-refractivity contribution in [2.75, 3.05) is 0 Å². The molecule has 92 valence electrons. The molecule has 0 unspecified atom stereocenters. The maximum absolute atomic E-state index is 11.9. The molecule has 0 N–H and O–H groups in total. The number of hydrogen-bond acceptors (Lipinski definition) is 2. The summed E-state index contributed by atoms with van der Waals surface area (Å²) >= 11 is 0. The maximum Gasteiger partial charge on any atom is 0.310 e. The van der Waals surface area contributed by atoms with Gasteiger partial charge in [-0.1, -0.05) is 24.3 Å². The minimum Gasteiger partial charge on any atom is -0.460 e. The van der Waals surface area contributed by atoms with Crippen LogP contribution in [0.2, 0.25) is 0 Å². The lowest BCUT2D eigenvalue weighted by Crippen LogP contribution is -2.25. The van der Waals surface area contributed by atoms with E-state index < -0.39 is 0 Å². The Balaban J connectivity index is 2.02. The van der Waals surface area contributed by atoms with E-state index in [1.807, 2.05) is 32.9 Å². The van der Waals surface area contributed by atoms with Gasteiger partial charge in [0.1, 0.15) is 5.60 Å². The lowest BCUT2D eigenvalue weighted by Gasteiger charge is -2.19. The van der Waals surface area contributed by atoms with Crippen LogP contribution in [0.3, 0.4) is 0 Å². The number of aryl methyl sites for hydroxylation is 1. The van der Waals surface area contributed by atoms with Gasteiger partial charge in [-0.25, -0.2) is 0 Å². The molecule has 1 saturated carbocycles. The largest absolute Gasteiger partial charge is 0.460 e. The second-order valence-electron chi connectivity index (χ2n) is 5.84. The van der Waals surface area contributed by atoms with Gasteiger partial charge in [-0.15, -0.1) is 0 Å². The van der Waals surface area contributed by atoms with Crippen LogP contribution >= 0.6 is 0 Å². The van der Waals surface area contributed by atoms with Gasteiger partial charge in [0.2, 0.25) is 0 Å². The van der Waals surface area contributed by atoms with Crippen LogP contribution in [-0.4, -0.2) is 11.6 Å². The Hall–Kier alpha value is -1.31. The topological polar surface area (TPSA) is 26.3 Å².